The van der Waals surface area contributed by atoms with Crippen LogP contribution in [-0.2, 0) is 17.7 Å². The van der Waals surface area contributed by atoms with Gasteiger partial charge in [-0.15, -0.1) is 0 Å². The average Bonchev–Trinajstić information content (AvgIpc) is 2.96. The third-order valence-corrected chi connectivity index (χ3v) is 4.26. The molecule has 0 bridgehead atoms. The van der Waals surface area contributed by atoms with Crippen LogP contribution in [0.25, 0.3) is 0 Å². The van der Waals surface area contributed by atoms with E-state index >= 15 is 0 Å². The fourth-order valence-electron chi connectivity index (χ4n) is 2.91. The Morgan fingerprint density at radius 3 is 2.44 bits per heavy atom. The average molecular weight is 372 g/mol. The largest absolute Gasteiger partial charge is 0.497 e. The molecule has 0 unspecified atom stereocenters. The summed E-state index contributed by atoms with van der Waals surface area (Å²) in [6.45, 7) is 6.19. The predicted octanol–water partition coefficient (Wildman–Crippen LogP) is 2.46. The monoisotopic (exact) mass is 372 g/mol. The van der Waals surface area contributed by atoms with Gasteiger partial charge < -0.3 is 20.1 Å². The van der Waals surface area contributed by atoms with Gasteiger partial charge >= 0.3 is 6.09 Å². The molecule has 2 heterocycles. The van der Waals surface area contributed by atoms with Crippen LogP contribution in [0.4, 0.5) is 10.6 Å². The third kappa shape index (κ3) is 3.89. The van der Waals surface area contributed by atoms with Crippen molar-refractivity contribution >= 4 is 17.8 Å². The van der Waals surface area contributed by atoms with E-state index in [1.54, 1.807) is 36.3 Å². The van der Waals surface area contributed by atoms with Gasteiger partial charge in [-0.3, -0.25) is 4.79 Å². The number of anilines is 1. The molecule has 8 heteroatoms. The number of fused-ring (bicyclic) bond motifs is 1. The molecule has 2 aromatic rings. The first kappa shape index (κ1) is 18.8. The highest BCUT2D eigenvalue weighted by atomic mass is 16.6. The van der Waals surface area contributed by atoms with E-state index in [4.69, 9.17) is 15.2 Å². The Bertz CT molecular complexity index is 865. The number of rotatable bonds is 2. The van der Waals surface area contributed by atoms with Crippen molar-refractivity contribution < 1.29 is 19.1 Å². The molecular formula is C19H24N4O4. The summed E-state index contributed by atoms with van der Waals surface area (Å²) < 4.78 is 11.7. The van der Waals surface area contributed by atoms with E-state index in [1.807, 2.05) is 20.8 Å². The molecule has 0 spiro atoms. The molecule has 1 amide bonds. The second-order valence-corrected chi connectivity index (χ2v) is 7.41. The number of benzene rings is 1. The van der Waals surface area contributed by atoms with Crippen LogP contribution >= 0.6 is 0 Å². The lowest BCUT2D eigenvalue weighted by Gasteiger charge is -2.29. The minimum Gasteiger partial charge on any atom is -0.497 e. The highest BCUT2D eigenvalue weighted by Crippen LogP contribution is 2.26. The maximum atomic E-state index is 12.8. The summed E-state index contributed by atoms with van der Waals surface area (Å²) in [4.78, 5) is 26.6. The second kappa shape index (κ2) is 6.94. The zero-order valence-electron chi connectivity index (χ0n) is 16.0. The van der Waals surface area contributed by atoms with E-state index in [9.17, 15) is 9.59 Å². The Kier molecular flexibility index (Phi) is 4.82. The van der Waals surface area contributed by atoms with Gasteiger partial charge in [0.2, 0.25) is 0 Å². The van der Waals surface area contributed by atoms with Crippen molar-refractivity contribution in [1.29, 1.82) is 0 Å². The first-order valence-corrected chi connectivity index (χ1v) is 8.72. The van der Waals surface area contributed by atoms with Crippen molar-refractivity contribution in [2.75, 3.05) is 19.4 Å². The number of amides is 1. The number of nitrogen functional groups attached to an aromatic ring is 1. The Morgan fingerprint density at radius 1 is 1.19 bits per heavy atom. The smallest absolute Gasteiger partial charge is 0.410 e. The highest BCUT2D eigenvalue weighted by Gasteiger charge is 2.30. The van der Waals surface area contributed by atoms with Gasteiger partial charge in [-0.2, -0.15) is 9.78 Å². The molecule has 27 heavy (non-hydrogen) atoms. The van der Waals surface area contributed by atoms with Gasteiger partial charge in [0, 0.05) is 17.7 Å². The SMILES string of the molecule is COc1ccc(C(=O)n2nc3c(c2N)CCN(C(=O)OC(C)(C)C)C3)cc1. The fraction of sp³-hybridized carbons (Fsp3) is 0.421. The standard InChI is InChI=1S/C19H24N4O4/c1-19(2,3)27-18(25)22-10-9-14-15(11-22)21-23(16(14)20)17(24)12-5-7-13(26-4)8-6-12/h5-8H,9-11,20H2,1-4H3. The van der Waals surface area contributed by atoms with Gasteiger partial charge in [0.25, 0.3) is 5.91 Å². The molecule has 1 aliphatic rings. The summed E-state index contributed by atoms with van der Waals surface area (Å²) in [7, 11) is 1.56. The van der Waals surface area contributed by atoms with Crippen LogP contribution in [-0.4, -0.2) is 45.9 Å². The molecule has 0 radical (unpaired) electrons. The van der Waals surface area contributed by atoms with E-state index in [-0.39, 0.29) is 12.5 Å². The van der Waals surface area contributed by atoms with Gasteiger partial charge in [0.05, 0.1) is 19.3 Å². The van der Waals surface area contributed by atoms with Crippen molar-refractivity contribution in [3.05, 3.63) is 41.1 Å². The molecule has 0 saturated carbocycles. The number of hydrogen-bond acceptors (Lipinski definition) is 6. The predicted molar refractivity (Wildman–Crippen MR) is 99.7 cm³/mol. The van der Waals surface area contributed by atoms with Gasteiger partial charge in [0.15, 0.2) is 0 Å². The fourth-order valence-corrected chi connectivity index (χ4v) is 2.91. The quantitative estimate of drug-likeness (QED) is 0.869. The molecule has 2 N–H and O–H groups in total. The summed E-state index contributed by atoms with van der Waals surface area (Å²) >= 11 is 0. The van der Waals surface area contributed by atoms with Crippen LogP contribution in [0, 0.1) is 0 Å². The molecule has 0 atom stereocenters. The van der Waals surface area contributed by atoms with Crippen LogP contribution < -0.4 is 10.5 Å². The maximum absolute atomic E-state index is 12.8. The minimum atomic E-state index is -0.569. The molecule has 0 fully saturated rings. The highest BCUT2D eigenvalue weighted by molar-refractivity contribution is 5.97. The minimum absolute atomic E-state index is 0.261. The Hall–Kier alpha value is -3.03. The zero-order valence-corrected chi connectivity index (χ0v) is 16.0. The first-order valence-electron chi connectivity index (χ1n) is 8.72. The molecule has 8 nitrogen and oxygen atoms in total. The lowest BCUT2D eigenvalue weighted by atomic mass is 10.1. The lowest BCUT2D eigenvalue weighted by Crippen LogP contribution is -2.39. The molecule has 1 aromatic heterocycles. The number of carbonyl (C=O) groups is 2. The maximum Gasteiger partial charge on any atom is 0.410 e. The number of aromatic nitrogens is 2. The second-order valence-electron chi connectivity index (χ2n) is 7.41. The van der Waals surface area contributed by atoms with Crippen LogP contribution in [0.5, 0.6) is 5.75 Å². The van der Waals surface area contributed by atoms with Gasteiger partial charge in [-0.05, 0) is 51.5 Å². The molecule has 144 valence electrons. The Morgan fingerprint density at radius 2 is 1.85 bits per heavy atom. The Labute approximate surface area is 157 Å². The Balaban J connectivity index is 1.81. The summed E-state index contributed by atoms with van der Waals surface area (Å²) in [6, 6.07) is 6.73. The van der Waals surface area contributed by atoms with Crippen molar-refractivity contribution in [3.63, 3.8) is 0 Å². The van der Waals surface area contributed by atoms with E-state index in [0.717, 1.165) is 5.56 Å². The molecule has 1 aliphatic heterocycles. The third-order valence-electron chi connectivity index (χ3n) is 4.26. The van der Waals surface area contributed by atoms with Crippen molar-refractivity contribution in [2.24, 2.45) is 0 Å². The summed E-state index contributed by atoms with van der Waals surface area (Å²) in [5.74, 6) is 0.648. The van der Waals surface area contributed by atoms with Crippen molar-refractivity contribution in [2.45, 2.75) is 39.3 Å². The number of hydrogen-bond donors (Lipinski definition) is 1. The molecule has 3 rings (SSSR count). The number of nitrogens with zero attached hydrogens (tertiary/aromatic N) is 3. The summed E-state index contributed by atoms with van der Waals surface area (Å²) in [6.07, 6.45) is 0.124. The van der Waals surface area contributed by atoms with Crippen molar-refractivity contribution in [3.8, 4) is 5.75 Å². The molecular weight excluding hydrogens is 348 g/mol. The zero-order chi connectivity index (χ0) is 19.8. The molecule has 0 aliphatic carbocycles. The molecule has 0 saturated heterocycles. The summed E-state index contributed by atoms with van der Waals surface area (Å²) in [5, 5.41) is 4.36. The van der Waals surface area contributed by atoms with E-state index in [1.165, 1.54) is 4.68 Å². The van der Waals surface area contributed by atoms with Crippen LogP contribution in [0.2, 0.25) is 0 Å². The number of nitrogens with two attached hydrogens (primary N) is 1. The van der Waals surface area contributed by atoms with Gasteiger partial charge in [0.1, 0.15) is 17.2 Å². The van der Waals surface area contributed by atoms with Gasteiger partial charge in [-0.25, -0.2) is 4.79 Å². The first-order chi connectivity index (χ1) is 12.7. The van der Waals surface area contributed by atoms with Crippen LogP contribution in [0.1, 0.15) is 42.4 Å². The van der Waals surface area contributed by atoms with Crippen LogP contribution in [0.15, 0.2) is 24.3 Å². The van der Waals surface area contributed by atoms with Gasteiger partial charge in [-0.1, -0.05) is 0 Å². The topological polar surface area (TPSA) is 99.7 Å². The number of methoxy groups -OCH3 is 1. The molecule has 1 aromatic carbocycles. The van der Waals surface area contributed by atoms with E-state index in [0.29, 0.717) is 35.8 Å². The number of ether oxygens (including phenoxy) is 2. The lowest BCUT2D eigenvalue weighted by molar-refractivity contribution is 0.0221. The van der Waals surface area contributed by atoms with E-state index in [2.05, 4.69) is 5.10 Å². The van der Waals surface area contributed by atoms with E-state index < -0.39 is 11.7 Å². The summed E-state index contributed by atoms with van der Waals surface area (Å²) in [5.41, 5.74) is 7.46. The van der Waals surface area contributed by atoms with Crippen LogP contribution in [0.3, 0.4) is 0 Å². The van der Waals surface area contributed by atoms with Crippen molar-refractivity contribution in [1.82, 2.24) is 14.7 Å². The normalized spacial score (nSPS) is 13.9. The number of carbonyl (C=O) groups excluding carboxylic acids is 2.